The van der Waals surface area contributed by atoms with E-state index in [2.05, 4.69) is 55.6 Å². The molecular weight excluding hydrogens is 659 g/mol. The van der Waals surface area contributed by atoms with Gasteiger partial charge in [0.1, 0.15) is 6.10 Å². The number of carbonyl (C=O) groups excluding carboxylic acids is 1. The molecule has 0 heterocycles. The van der Waals surface area contributed by atoms with Gasteiger partial charge in [-0.25, -0.2) is 0 Å². The minimum atomic E-state index is -4.46. The number of aliphatic hydroxyl groups excluding tert-OH is 2. The summed E-state index contributed by atoms with van der Waals surface area (Å²) < 4.78 is 32.5. The van der Waals surface area contributed by atoms with Crippen molar-refractivity contribution < 1.29 is 28.0 Å². The van der Waals surface area contributed by atoms with Gasteiger partial charge >= 0.3 is 0 Å². The Morgan fingerprint density at radius 3 is 1.33 bits per heavy atom. The maximum atomic E-state index is 12.6. The number of rotatable bonds is 37. The summed E-state index contributed by atoms with van der Waals surface area (Å²) in [6, 6.07) is -1.26. The molecule has 0 fully saturated rings. The van der Waals surface area contributed by atoms with Crippen molar-refractivity contribution in [2.45, 2.75) is 212 Å². The van der Waals surface area contributed by atoms with E-state index in [9.17, 15) is 28.0 Å². The topological polar surface area (TPSA) is 124 Å². The molecule has 3 atom stereocenters. The molecule has 51 heavy (non-hydrogen) atoms. The van der Waals surface area contributed by atoms with E-state index in [4.69, 9.17) is 0 Å². The summed E-state index contributed by atoms with van der Waals surface area (Å²) in [6.07, 6.45) is 46.0. The molecule has 4 N–H and O–H groups in total. The molecule has 0 spiro atoms. The first-order chi connectivity index (χ1) is 24.7. The molecule has 0 aromatic carbocycles. The van der Waals surface area contributed by atoms with E-state index in [0.717, 1.165) is 51.4 Å². The summed E-state index contributed by atoms with van der Waals surface area (Å²) in [6.45, 7) is 4.47. The van der Waals surface area contributed by atoms with Gasteiger partial charge in [0.05, 0.1) is 17.9 Å². The molecule has 0 saturated carbocycles. The van der Waals surface area contributed by atoms with Crippen molar-refractivity contribution in [3.05, 3.63) is 48.6 Å². The van der Waals surface area contributed by atoms with Crippen molar-refractivity contribution in [1.82, 2.24) is 5.32 Å². The SMILES string of the molecule is CCCCC/C=C/CC/C=C/CC/C=C/C(O)C(CS(=O)(=O)O)NC(=O)C(O)CCCCCCCC/C=C\CCCCCCCCCCCCC. The van der Waals surface area contributed by atoms with E-state index in [0.29, 0.717) is 12.8 Å². The van der Waals surface area contributed by atoms with Crippen LogP contribution in [-0.2, 0) is 14.9 Å². The average Bonchev–Trinajstić information content (AvgIpc) is 3.09. The van der Waals surface area contributed by atoms with Crippen molar-refractivity contribution in [1.29, 1.82) is 0 Å². The summed E-state index contributed by atoms with van der Waals surface area (Å²) in [4.78, 5) is 12.6. The Hall–Kier alpha value is -1.74. The third kappa shape index (κ3) is 36.4. The number of aliphatic hydroxyl groups is 2. The highest BCUT2D eigenvalue weighted by Gasteiger charge is 2.27. The Kier molecular flexibility index (Phi) is 35.4. The highest BCUT2D eigenvalue weighted by atomic mass is 32.2. The molecule has 0 aliphatic heterocycles. The minimum absolute atomic E-state index is 0.263. The van der Waals surface area contributed by atoms with Gasteiger partial charge in [-0.3, -0.25) is 9.35 Å². The predicted octanol–water partition coefficient (Wildman–Crippen LogP) is 11.3. The molecule has 1 amide bonds. The van der Waals surface area contributed by atoms with Crippen LogP contribution < -0.4 is 5.32 Å². The number of nitrogens with one attached hydrogen (secondary N) is 1. The second-order valence-electron chi connectivity index (χ2n) is 14.4. The number of hydrogen-bond acceptors (Lipinski definition) is 5. The van der Waals surface area contributed by atoms with E-state index in [1.54, 1.807) is 6.08 Å². The van der Waals surface area contributed by atoms with Crippen LogP contribution in [-0.4, -0.2) is 53.1 Å². The van der Waals surface area contributed by atoms with Crippen LogP contribution in [0.5, 0.6) is 0 Å². The second kappa shape index (κ2) is 36.6. The lowest BCUT2D eigenvalue weighted by atomic mass is 10.0. The lowest BCUT2D eigenvalue weighted by Crippen LogP contribution is -2.50. The van der Waals surface area contributed by atoms with Crippen LogP contribution in [0.2, 0.25) is 0 Å². The summed E-state index contributed by atoms with van der Waals surface area (Å²) >= 11 is 0. The van der Waals surface area contributed by atoms with Crippen molar-refractivity contribution >= 4 is 16.0 Å². The van der Waals surface area contributed by atoms with E-state index < -0.39 is 40.0 Å². The first-order valence-electron chi connectivity index (χ1n) is 20.9. The number of carbonyl (C=O) groups is 1. The van der Waals surface area contributed by atoms with Gasteiger partial charge in [0, 0.05) is 0 Å². The highest BCUT2D eigenvalue weighted by Crippen LogP contribution is 2.14. The molecule has 0 radical (unpaired) electrons. The summed E-state index contributed by atoms with van der Waals surface area (Å²) in [7, 11) is -4.46. The standard InChI is InChI=1S/C43H79NO6S/c1-3-5-7-9-11-13-15-17-18-19-20-21-22-23-24-26-28-30-32-34-36-38-42(46)43(47)44-40(39-51(48,49)50)41(45)37-35-33-31-29-27-25-16-14-12-10-8-6-4-2/h12,14,22-23,27,29,35,37,40-42,45-46H,3-11,13,15-21,24-26,28,30-34,36,38-39H2,1-2H3,(H,44,47)(H,48,49,50)/b14-12+,23-22-,29-27+,37-35+. The molecular formula is C43H79NO6S. The Morgan fingerprint density at radius 1 is 0.529 bits per heavy atom. The fraction of sp³-hybridized carbons (Fsp3) is 0.791. The van der Waals surface area contributed by atoms with Crippen LogP contribution in [0.15, 0.2) is 48.6 Å². The van der Waals surface area contributed by atoms with Crippen LogP contribution in [0.1, 0.15) is 194 Å². The van der Waals surface area contributed by atoms with Crippen LogP contribution >= 0.6 is 0 Å². The van der Waals surface area contributed by atoms with E-state index in [-0.39, 0.29) is 6.42 Å². The Bertz CT molecular complexity index is 1010. The molecule has 3 unspecified atom stereocenters. The molecule has 0 aromatic heterocycles. The van der Waals surface area contributed by atoms with Crippen molar-refractivity contribution in [2.75, 3.05) is 5.75 Å². The van der Waals surface area contributed by atoms with Crippen molar-refractivity contribution in [3.8, 4) is 0 Å². The molecule has 0 saturated heterocycles. The second-order valence-corrected chi connectivity index (χ2v) is 15.9. The lowest BCUT2D eigenvalue weighted by Gasteiger charge is -2.22. The quantitative estimate of drug-likeness (QED) is 0.0286. The molecule has 7 nitrogen and oxygen atoms in total. The fourth-order valence-electron chi connectivity index (χ4n) is 6.07. The van der Waals surface area contributed by atoms with Gasteiger partial charge in [-0.1, -0.05) is 172 Å². The largest absolute Gasteiger partial charge is 0.387 e. The first kappa shape index (κ1) is 49.3. The van der Waals surface area contributed by atoms with Gasteiger partial charge in [0.2, 0.25) is 5.91 Å². The molecule has 0 aliphatic carbocycles. The number of allylic oxidation sites excluding steroid dienone is 7. The molecule has 0 rings (SSSR count). The van der Waals surface area contributed by atoms with Gasteiger partial charge in [-0.15, -0.1) is 0 Å². The zero-order valence-electron chi connectivity index (χ0n) is 32.8. The monoisotopic (exact) mass is 738 g/mol. The van der Waals surface area contributed by atoms with E-state index in [1.165, 1.54) is 115 Å². The lowest BCUT2D eigenvalue weighted by molar-refractivity contribution is -0.130. The van der Waals surface area contributed by atoms with Gasteiger partial charge in [0.25, 0.3) is 10.1 Å². The third-order valence-electron chi connectivity index (χ3n) is 9.31. The zero-order valence-corrected chi connectivity index (χ0v) is 33.6. The average molecular weight is 738 g/mol. The maximum absolute atomic E-state index is 12.6. The normalized spacial score (nSPS) is 14.4. The number of amides is 1. The van der Waals surface area contributed by atoms with Crippen LogP contribution in [0.25, 0.3) is 0 Å². The highest BCUT2D eigenvalue weighted by molar-refractivity contribution is 7.85. The Morgan fingerprint density at radius 2 is 0.882 bits per heavy atom. The van der Waals surface area contributed by atoms with E-state index in [1.807, 2.05) is 0 Å². The van der Waals surface area contributed by atoms with Gasteiger partial charge in [-0.2, -0.15) is 8.42 Å². The molecule has 0 bridgehead atoms. The molecule has 298 valence electrons. The third-order valence-corrected chi connectivity index (χ3v) is 10.1. The van der Waals surface area contributed by atoms with Crippen LogP contribution in [0, 0.1) is 0 Å². The Balaban J connectivity index is 4.04. The number of unbranched alkanes of at least 4 members (excludes halogenated alkanes) is 22. The fourth-order valence-corrected chi connectivity index (χ4v) is 6.80. The maximum Gasteiger partial charge on any atom is 0.267 e. The predicted molar refractivity (Wildman–Crippen MR) is 218 cm³/mol. The molecule has 8 heteroatoms. The summed E-state index contributed by atoms with van der Waals surface area (Å²) in [5, 5.41) is 23.3. The molecule has 0 aromatic rings. The first-order valence-corrected chi connectivity index (χ1v) is 22.6. The van der Waals surface area contributed by atoms with Gasteiger partial charge < -0.3 is 15.5 Å². The molecule has 0 aliphatic rings. The summed E-state index contributed by atoms with van der Waals surface area (Å²) in [5.74, 6) is -1.57. The van der Waals surface area contributed by atoms with Gasteiger partial charge in [-0.05, 0) is 70.6 Å². The van der Waals surface area contributed by atoms with Gasteiger partial charge in [0.15, 0.2) is 0 Å². The zero-order chi connectivity index (χ0) is 37.7. The minimum Gasteiger partial charge on any atom is -0.387 e. The Labute approximate surface area is 314 Å². The van der Waals surface area contributed by atoms with Crippen molar-refractivity contribution in [2.24, 2.45) is 0 Å². The van der Waals surface area contributed by atoms with E-state index >= 15 is 0 Å². The van der Waals surface area contributed by atoms with Crippen molar-refractivity contribution in [3.63, 3.8) is 0 Å². The smallest absolute Gasteiger partial charge is 0.267 e. The number of hydrogen-bond donors (Lipinski definition) is 4. The van der Waals surface area contributed by atoms with Crippen LogP contribution in [0.4, 0.5) is 0 Å². The van der Waals surface area contributed by atoms with Crippen LogP contribution in [0.3, 0.4) is 0 Å². The summed E-state index contributed by atoms with van der Waals surface area (Å²) in [5.41, 5.74) is 0.